The van der Waals surface area contributed by atoms with E-state index >= 15 is 0 Å². The molecule has 0 radical (unpaired) electrons. The van der Waals surface area contributed by atoms with E-state index in [0.717, 1.165) is 6.08 Å². The van der Waals surface area contributed by atoms with E-state index in [0.29, 0.717) is 12.8 Å². The molecule has 3 rings (SSSR count). The Morgan fingerprint density at radius 2 is 1.57 bits per heavy atom. The summed E-state index contributed by atoms with van der Waals surface area (Å²) in [6.07, 6.45) is -6.01. The number of hydrogen-bond acceptors (Lipinski definition) is 15. The SMILES string of the molecule is C=CC(=O)OC1[C@H](C)O[C@@H](O[C@H]2[C@H](C)[C@@H](O[C@@H]3O[C@H](C)C[C@H](N(C)C)[C@H]3O)[C@](C)(OC)C[C@@H](C)C(=O)[C@H](C)[C@@H](NC=O)[C@](C)(O)[C@@H](CC)OC(=O)[C@@H]2C)C[C@@]1(C)OC. The third-order valence-electron chi connectivity index (χ3n) is 12.9. The summed E-state index contributed by atoms with van der Waals surface area (Å²) < 4.78 is 50.3. The zero-order valence-electron chi connectivity index (χ0n) is 37.1. The van der Waals surface area contributed by atoms with Gasteiger partial charge in [0.25, 0.3) is 0 Å². The van der Waals surface area contributed by atoms with Crippen molar-refractivity contribution in [3.05, 3.63) is 12.7 Å². The number of amides is 1. The third-order valence-corrected chi connectivity index (χ3v) is 12.9. The van der Waals surface area contributed by atoms with Gasteiger partial charge in [0.1, 0.15) is 29.2 Å². The van der Waals surface area contributed by atoms with Crippen molar-refractivity contribution in [3.63, 3.8) is 0 Å². The summed E-state index contributed by atoms with van der Waals surface area (Å²) in [7, 11) is 6.73. The standard InChI is InChI=1S/C42H72N2O14/c1-16-29-42(11,50)35(43-21-45)24(5)32(47)22(3)19-40(9,51-14)36(58-39-33(48)28(44(12)13)18-23(4)53-39)25(6)34(26(7)38(49)55-29)57-31-20-41(10,52-15)37(27(8)54-31)56-30(46)17-2/h17,21-29,31,33-37,39,48,50H,2,16,18-20H2,1,3-15H3,(H,43,45)/t22-,23-,24+,25+,26-,27+,28+,29-,31+,33-,34+,35-,36-,37?,39+,40-,41-,42-/m1/s1. The summed E-state index contributed by atoms with van der Waals surface area (Å²) >= 11 is 0. The molecule has 16 nitrogen and oxygen atoms in total. The number of carbonyl (C=O) groups excluding carboxylic acids is 4. The Hall–Kier alpha value is -2.54. The van der Waals surface area contributed by atoms with Crippen molar-refractivity contribution in [2.24, 2.45) is 23.7 Å². The third kappa shape index (κ3) is 10.8. The molecule has 3 aliphatic heterocycles. The minimum atomic E-state index is -1.88. The van der Waals surface area contributed by atoms with Gasteiger partial charge in [-0.2, -0.15) is 0 Å². The fraction of sp³-hybridized carbons (Fsp3) is 0.857. The van der Waals surface area contributed by atoms with E-state index in [2.05, 4.69) is 11.9 Å². The van der Waals surface area contributed by atoms with E-state index in [1.54, 1.807) is 48.5 Å². The molecule has 3 aliphatic rings. The predicted molar refractivity (Wildman–Crippen MR) is 212 cm³/mol. The van der Waals surface area contributed by atoms with Gasteiger partial charge in [0.2, 0.25) is 6.41 Å². The van der Waals surface area contributed by atoms with Crippen LogP contribution in [0.5, 0.6) is 0 Å². The molecule has 0 bridgehead atoms. The number of methoxy groups -OCH3 is 2. The number of aliphatic hydroxyl groups is 2. The van der Waals surface area contributed by atoms with E-state index in [1.165, 1.54) is 21.1 Å². The highest BCUT2D eigenvalue weighted by atomic mass is 16.7. The van der Waals surface area contributed by atoms with Gasteiger partial charge in [-0.25, -0.2) is 4.79 Å². The lowest BCUT2D eigenvalue weighted by Gasteiger charge is -2.50. The number of carbonyl (C=O) groups is 4. The summed E-state index contributed by atoms with van der Waals surface area (Å²) in [4.78, 5) is 55.0. The molecule has 16 heteroatoms. The molecule has 1 amide bonds. The maximum atomic E-state index is 14.5. The minimum Gasteiger partial charge on any atom is -0.459 e. The van der Waals surface area contributed by atoms with Crippen molar-refractivity contribution in [1.82, 2.24) is 10.2 Å². The number of nitrogens with zero attached hydrogens (tertiary/aromatic N) is 1. The second-order valence-corrected chi connectivity index (χ2v) is 17.6. The van der Waals surface area contributed by atoms with Crippen molar-refractivity contribution < 1.29 is 67.3 Å². The molecular weight excluding hydrogens is 756 g/mol. The van der Waals surface area contributed by atoms with Crippen LogP contribution in [0, 0.1) is 23.7 Å². The van der Waals surface area contributed by atoms with Crippen LogP contribution in [0.1, 0.15) is 94.9 Å². The van der Waals surface area contributed by atoms with Crippen LogP contribution < -0.4 is 5.32 Å². The van der Waals surface area contributed by atoms with E-state index in [9.17, 15) is 29.4 Å². The largest absolute Gasteiger partial charge is 0.459 e. The van der Waals surface area contributed by atoms with Crippen LogP contribution in [0.15, 0.2) is 12.7 Å². The fourth-order valence-electron chi connectivity index (χ4n) is 9.37. The summed E-state index contributed by atoms with van der Waals surface area (Å²) in [5, 5.41) is 26.4. The fourth-order valence-corrected chi connectivity index (χ4v) is 9.37. The van der Waals surface area contributed by atoms with Crippen molar-refractivity contribution in [3.8, 4) is 0 Å². The lowest BCUT2D eigenvalue weighted by molar-refractivity contribution is -0.319. The first-order chi connectivity index (χ1) is 27.0. The first-order valence-electron chi connectivity index (χ1n) is 20.5. The second kappa shape index (κ2) is 20.3. The quantitative estimate of drug-likeness (QED) is 0.147. The number of ether oxygens (including phenoxy) is 8. The molecule has 3 fully saturated rings. The average molecular weight is 829 g/mol. The Bertz CT molecular complexity index is 1410. The lowest BCUT2D eigenvalue weighted by atomic mass is 9.73. The van der Waals surface area contributed by atoms with Crippen molar-refractivity contribution in [1.29, 1.82) is 0 Å². The van der Waals surface area contributed by atoms with Crippen LogP contribution in [0.3, 0.4) is 0 Å². The van der Waals surface area contributed by atoms with Crippen molar-refractivity contribution >= 4 is 24.1 Å². The zero-order chi connectivity index (χ0) is 44.1. The van der Waals surface area contributed by atoms with Crippen LogP contribution in [0.2, 0.25) is 0 Å². The highest BCUT2D eigenvalue weighted by Gasteiger charge is 2.55. The monoisotopic (exact) mass is 828 g/mol. The number of rotatable bonds is 12. The summed E-state index contributed by atoms with van der Waals surface area (Å²) in [5.74, 6) is -5.11. The van der Waals surface area contributed by atoms with Gasteiger partial charge in [-0.15, -0.1) is 0 Å². The molecule has 18 atom stereocenters. The van der Waals surface area contributed by atoms with Gasteiger partial charge in [-0.1, -0.05) is 34.3 Å². The maximum Gasteiger partial charge on any atom is 0.330 e. The van der Waals surface area contributed by atoms with E-state index in [-0.39, 0.29) is 37.2 Å². The van der Waals surface area contributed by atoms with E-state index < -0.39 is 108 Å². The smallest absolute Gasteiger partial charge is 0.330 e. The second-order valence-electron chi connectivity index (χ2n) is 17.6. The molecular formula is C42H72N2O14. The first kappa shape index (κ1) is 49.8. The topological polar surface area (TPSA) is 198 Å². The van der Waals surface area contributed by atoms with E-state index in [1.807, 2.05) is 32.8 Å². The number of hydrogen-bond donors (Lipinski definition) is 3. The van der Waals surface area contributed by atoms with Crippen molar-refractivity contribution in [2.75, 3.05) is 28.3 Å². The number of aliphatic hydroxyl groups excluding tert-OH is 1. The first-order valence-corrected chi connectivity index (χ1v) is 20.5. The summed E-state index contributed by atoms with van der Waals surface area (Å²) in [6.45, 7) is 20.7. The Labute approximate surface area is 344 Å². The Balaban J connectivity index is 2.26. The van der Waals surface area contributed by atoms with Gasteiger partial charge in [0.15, 0.2) is 18.7 Å². The van der Waals surface area contributed by atoms with Crippen LogP contribution >= 0.6 is 0 Å². The zero-order valence-corrected chi connectivity index (χ0v) is 37.1. The van der Waals surface area contributed by atoms with Gasteiger partial charge in [0.05, 0.1) is 42.0 Å². The van der Waals surface area contributed by atoms with Crippen molar-refractivity contribution in [2.45, 2.75) is 179 Å². The van der Waals surface area contributed by atoms with Crippen LogP contribution in [0.25, 0.3) is 0 Å². The number of esters is 2. The van der Waals surface area contributed by atoms with Gasteiger partial charge >= 0.3 is 11.9 Å². The molecule has 3 N–H and O–H groups in total. The molecule has 0 aromatic rings. The molecule has 3 saturated heterocycles. The number of cyclic esters (lactones) is 1. The van der Waals surface area contributed by atoms with E-state index in [4.69, 9.17) is 37.9 Å². The van der Waals surface area contributed by atoms with Gasteiger partial charge < -0.3 is 58.3 Å². The average Bonchev–Trinajstić information content (AvgIpc) is 3.17. The highest BCUT2D eigenvalue weighted by Crippen LogP contribution is 2.42. The molecule has 0 spiro atoms. The highest BCUT2D eigenvalue weighted by molar-refractivity contribution is 5.84. The van der Waals surface area contributed by atoms with Crippen LogP contribution in [0.4, 0.5) is 0 Å². The number of Topliss-reactive ketones (excluding diaryl/α,β-unsaturated/α-hetero) is 1. The Kier molecular flexibility index (Phi) is 17.5. The Morgan fingerprint density at radius 1 is 0.966 bits per heavy atom. The number of nitrogens with one attached hydrogen (secondary N) is 1. The molecule has 3 heterocycles. The lowest BCUT2D eigenvalue weighted by Crippen LogP contribution is -2.63. The van der Waals surface area contributed by atoms with Gasteiger partial charge in [0, 0.05) is 50.5 Å². The van der Waals surface area contributed by atoms with Gasteiger partial charge in [-0.05, 0) is 74.9 Å². The Morgan fingerprint density at radius 3 is 2.10 bits per heavy atom. The molecule has 0 aromatic carbocycles. The molecule has 0 saturated carbocycles. The van der Waals surface area contributed by atoms with Crippen LogP contribution in [-0.4, -0.2) is 152 Å². The predicted octanol–water partition coefficient (Wildman–Crippen LogP) is 2.93. The number of likely N-dealkylation sites (N-methyl/N-ethyl adjacent to an activating group) is 1. The normalized spacial score (nSPS) is 44.8. The van der Waals surface area contributed by atoms with Gasteiger partial charge in [-0.3, -0.25) is 14.4 Å². The molecule has 58 heavy (non-hydrogen) atoms. The molecule has 334 valence electrons. The molecule has 0 aromatic heterocycles. The summed E-state index contributed by atoms with van der Waals surface area (Å²) in [6, 6.07) is -1.45. The minimum absolute atomic E-state index is 0.0717. The maximum absolute atomic E-state index is 14.5. The molecule has 0 aliphatic carbocycles. The summed E-state index contributed by atoms with van der Waals surface area (Å²) in [5.41, 5.74) is -4.27. The van der Waals surface area contributed by atoms with Crippen LogP contribution in [-0.2, 0) is 57.1 Å². The molecule has 1 unspecified atom stereocenters. The number of ketones is 1.